The minimum atomic E-state index is -0.407. The summed E-state index contributed by atoms with van der Waals surface area (Å²) in [6.45, 7) is 0.482. The fourth-order valence-electron chi connectivity index (χ4n) is 2.55. The number of carbonyl (C=O) groups is 3. The quantitative estimate of drug-likeness (QED) is 0.623. The molecule has 0 aliphatic heterocycles. The van der Waals surface area contributed by atoms with Crippen LogP contribution in [0.3, 0.4) is 0 Å². The Labute approximate surface area is 169 Å². The van der Waals surface area contributed by atoms with Crippen LogP contribution in [0.1, 0.15) is 15.9 Å². The van der Waals surface area contributed by atoms with Crippen molar-refractivity contribution in [1.82, 2.24) is 10.2 Å². The first-order chi connectivity index (χ1) is 13.9. The van der Waals surface area contributed by atoms with E-state index in [2.05, 4.69) is 15.4 Å². The van der Waals surface area contributed by atoms with Crippen LogP contribution in [0.5, 0.6) is 5.75 Å². The standard InChI is InChI=1S/C21H25N3O5/c1-24(14-20(26)23-17-8-10-18(28-2)11-9-17)13-19(25)22-12-15-4-6-16(7-5-15)21(27)29-3/h4-11H,12-14H2,1-3H3,(H,22,25)(H,23,26). The second-order valence-electron chi connectivity index (χ2n) is 6.41. The Hall–Kier alpha value is -3.39. The Kier molecular flexibility index (Phi) is 8.17. The average molecular weight is 399 g/mol. The molecule has 0 radical (unpaired) electrons. The molecule has 8 heteroatoms. The van der Waals surface area contributed by atoms with E-state index in [1.807, 2.05) is 0 Å². The predicted octanol–water partition coefficient (Wildman–Crippen LogP) is 1.67. The third-order valence-corrected chi connectivity index (χ3v) is 4.07. The van der Waals surface area contributed by atoms with Gasteiger partial charge in [-0.1, -0.05) is 12.1 Å². The zero-order chi connectivity index (χ0) is 21.2. The van der Waals surface area contributed by atoms with Crippen LogP contribution in [0.2, 0.25) is 0 Å². The van der Waals surface area contributed by atoms with Gasteiger partial charge in [-0.15, -0.1) is 0 Å². The molecule has 2 N–H and O–H groups in total. The summed E-state index contributed by atoms with van der Waals surface area (Å²) in [5, 5.41) is 5.55. The molecule has 2 rings (SSSR count). The lowest BCUT2D eigenvalue weighted by Crippen LogP contribution is -2.38. The summed E-state index contributed by atoms with van der Waals surface area (Å²) in [5.41, 5.74) is 1.96. The van der Waals surface area contributed by atoms with Gasteiger partial charge in [0.05, 0.1) is 32.9 Å². The molecule has 0 saturated heterocycles. The highest BCUT2D eigenvalue weighted by atomic mass is 16.5. The summed E-state index contributed by atoms with van der Waals surface area (Å²) in [6.07, 6.45) is 0. The van der Waals surface area contributed by atoms with Crippen molar-refractivity contribution in [2.45, 2.75) is 6.54 Å². The molecule has 0 fully saturated rings. The number of carbonyl (C=O) groups excluding carboxylic acids is 3. The molecule has 2 aromatic carbocycles. The van der Waals surface area contributed by atoms with Gasteiger partial charge in [-0.25, -0.2) is 4.79 Å². The van der Waals surface area contributed by atoms with Gasteiger partial charge in [-0.3, -0.25) is 14.5 Å². The van der Waals surface area contributed by atoms with Gasteiger partial charge in [0, 0.05) is 12.2 Å². The number of methoxy groups -OCH3 is 2. The van der Waals surface area contributed by atoms with E-state index >= 15 is 0 Å². The van der Waals surface area contributed by atoms with Crippen molar-refractivity contribution in [2.24, 2.45) is 0 Å². The zero-order valence-electron chi connectivity index (χ0n) is 16.7. The SMILES string of the molecule is COC(=O)c1ccc(CNC(=O)CN(C)CC(=O)Nc2ccc(OC)cc2)cc1. The largest absolute Gasteiger partial charge is 0.497 e. The van der Waals surface area contributed by atoms with Crippen molar-refractivity contribution in [3.05, 3.63) is 59.7 Å². The molecular formula is C21H25N3O5. The molecule has 0 aliphatic carbocycles. The molecule has 0 aliphatic rings. The lowest BCUT2D eigenvalue weighted by atomic mass is 10.1. The first-order valence-electron chi connectivity index (χ1n) is 8.97. The van der Waals surface area contributed by atoms with Gasteiger partial charge in [0.25, 0.3) is 0 Å². The number of likely N-dealkylation sites (N-methyl/N-ethyl adjacent to an activating group) is 1. The Morgan fingerprint density at radius 2 is 1.52 bits per heavy atom. The number of benzene rings is 2. The van der Waals surface area contributed by atoms with Crippen LogP contribution < -0.4 is 15.4 Å². The Morgan fingerprint density at radius 3 is 2.10 bits per heavy atom. The van der Waals surface area contributed by atoms with Crippen LogP contribution in [0.4, 0.5) is 5.69 Å². The molecule has 8 nitrogen and oxygen atoms in total. The number of nitrogens with zero attached hydrogens (tertiary/aromatic N) is 1. The Balaban J connectivity index is 1.73. The van der Waals surface area contributed by atoms with Crippen molar-refractivity contribution in [3.8, 4) is 5.75 Å². The van der Waals surface area contributed by atoms with Crippen LogP contribution in [-0.2, 0) is 20.9 Å². The fourth-order valence-corrected chi connectivity index (χ4v) is 2.55. The third kappa shape index (κ3) is 7.27. The Bertz CT molecular complexity index is 834. The number of hydrogen-bond acceptors (Lipinski definition) is 6. The van der Waals surface area contributed by atoms with E-state index in [1.165, 1.54) is 7.11 Å². The molecule has 2 amide bonds. The van der Waals surface area contributed by atoms with Crippen LogP contribution >= 0.6 is 0 Å². The number of nitrogens with one attached hydrogen (secondary N) is 2. The number of rotatable bonds is 9. The van der Waals surface area contributed by atoms with E-state index in [4.69, 9.17) is 4.74 Å². The highest BCUT2D eigenvalue weighted by Gasteiger charge is 2.11. The van der Waals surface area contributed by atoms with Gasteiger partial charge in [-0.05, 0) is 49.0 Å². The first-order valence-corrected chi connectivity index (χ1v) is 8.97. The smallest absolute Gasteiger partial charge is 0.337 e. The van der Waals surface area contributed by atoms with E-state index in [9.17, 15) is 14.4 Å². The van der Waals surface area contributed by atoms with Crippen molar-refractivity contribution >= 4 is 23.5 Å². The summed E-state index contributed by atoms with van der Waals surface area (Å²) >= 11 is 0. The summed E-state index contributed by atoms with van der Waals surface area (Å²) < 4.78 is 9.72. The minimum absolute atomic E-state index is 0.0767. The molecule has 154 valence electrons. The maximum absolute atomic E-state index is 12.1. The number of ether oxygens (including phenoxy) is 2. The van der Waals surface area contributed by atoms with Crippen LogP contribution in [0.15, 0.2) is 48.5 Å². The molecule has 0 atom stereocenters. The van der Waals surface area contributed by atoms with Crippen molar-refractivity contribution < 1.29 is 23.9 Å². The van der Waals surface area contributed by atoms with Gasteiger partial charge < -0.3 is 20.1 Å². The van der Waals surface area contributed by atoms with E-state index in [1.54, 1.807) is 67.6 Å². The zero-order valence-corrected chi connectivity index (χ0v) is 16.7. The summed E-state index contributed by atoms with van der Waals surface area (Å²) in [5.74, 6) is -0.127. The van der Waals surface area contributed by atoms with Gasteiger partial charge in [0.15, 0.2) is 0 Å². The summed E-state index contributed by atoms with van der Waals surface area (Å²) in [4.78, 5) is 37.2. The van der Waals surface area contributed by atoms with E-state index in [0.717, 1.165) is 5.56 Å². The number of anilines is 1. The van der Waals surface area contributed by atoms with Crippen LogP contribution in [0.25, 0.3) is 0 Å². The van der Waals surface area contributed by atoms with E-state index in [-0.39, 0.29) is 24.9 Å². The second kappa shape index (κ2) is 10.8. The van der Waals surface area contributed by atoms with Crippen molar-refractivity contribution in [2.75, 3.05) is 39.7 Å². The van der Waals surface area contributed by atoms with Gasteiger partial charge in [0.2, 0.25) is 11.8 Å². The highest BCUT2D eigenvalue weighted by Crippen LogP contribution is 2.14. The Morgan fingerprint density at radius 1 is 0.897 bits per heavy atom. The molecule has 29 heavy (non-hydrogen) atoms. The predicted molar refractivity (Wildman–Crippen MR) is 109 cm³/mol. The maximum atomic E-state index is 12.1. The molecule has 0 aromatic heterocycles. The van der Waals surface area contributed by atoms with E-state index < -0.39 is 5.97 Å². The highest BCUT2D eigenvalue weighted by molar-refractivity contribution is 5.92. The van der Waals surface area contributed by atoms with E-state index in [0.29, 0.717) is 23.5 Å². The fraction of sp³-hybridized carbons (Fsp3) is 0.286. The molecule has 0 saturated carbocycles. The molecule has 2 aromatic rings. The number of esters is 1. The maximum Gasteiger partial charge on any atom is 0.337 e. The number of hydrogen-bond donors (Lipinski definition) is 2. The topological polar surface area (TPSA) is 97.0 Å². The molecule has 0 spiro atoms. The van der Waals surface area contributed by atoms with Gasteiger partial charge in [0.1, 0.15) is 5.75 Å². The van der Waals surface area contributed by atoms with Crippen LogP contribution in [-0.4, -0.2) is 57.0 Å². The normalized spacial score (nSPS) is 10.3. The lowest BCUT2D eigenvalue weighted by Gasteiger charge is -2.16. The second-order valence-corrected chi connectivity index (χ2v) is 6.41. The third-order valence-electron chi connectivity index (χ3n) is 4.07. The average Bonchev–Trinajstić information content (AvgIpc) is 2.72. The first kappa shape index (κ1) is 21.9. The van der Waals surface area contributed by atoms with Gasteiger partial charge in [-0.2, -0.15) is 0 Å². The van der Waals surface area contributed by atoms with Crippen molar-refractivity contribution in [1.29, 1.82) is 0 Å². The summed E-state index contributed by atoms with van der Waals surface area (Å²) in [7, 11) is 4.59. The molecule has 0 unspecified atom stereocenters. The molecule has 0 bridgehead atoms. The lowest BCUT2D eigenvalue weighted by molar-refractivity contribution is -0.123. The molecular weight excluding hydrogens is 374 g/mol. The number of amides is 2. The minimum Gasteiger partial charge on any atom is -0.497 e. The molecule has 0 heterocycles. The van der Waals surface area contributed by atoms with Gasteiger partial charge >= 0.3 is 5.97 Å². The summed E-state index contributed by atoms with van der Waals surface area (Å²) in [6, 6.07) is 13.8. The monoisotopic (exact) mass is 399 g/mol. The van der Waals surface area contributed by atoms with Crippen LogP contribution in [0, 0.1) is 0 Å². The van der Waals surface area contributed by atoms with Crippen molar-refractivity contribution in [3.63, 3.8) is 0 Å².